The normalized spacial score (nSPS) is 35.7. The van der Waals surface area contributed by atoms with Gasteiger partial charge in [-0.05, 0) is 38.8 Å². The molecule has 2 aliphatic heterocycles. The number of aliphatic hydroxyl groups is 1. The van der Waals surface area contributed by atoms with E-state index in [-0.39, 0.29) is 0 Å². The third kappa shape index (κ3) is 1.78. The van der Waals surface area contributed by atoms with Gasteiger partial charge in [-0.2, -0.15) is 0 Å². The van der Waals surface area contributed by atoms with Crippen LogP contribution in [0, 0.1) is 0 Å². The molecular weight excluding hydrogens is 230 g/mol. The highest BCUT2D eigenvalue weighted by molar-refractivity contribution is 5.19. The molecule has 2 bridgehead atoms. The molecular formula is C13H19N3O2. The quantitative estimate of drug-likeness (QED) is 0.845. The fourth-order valence-electron chi connectivity index (χ4n) is 3.33. The standard InChI is InChI=1S/C13H19N3O2/c1-16-9-3-4-10(16)8-13(17,7-9)11-5-6-12(18-2)15-14-11/h5-6,9-10,17H,3-4,7-8H2,1-2H3. The van der Waals surface area contributed by atoms with E-state index in [2.05, 4.69) is 22.1 Å². The number of ether oxygens (including phenoxy) is 1. The van der Waals surface area contributed by atoms with E-state index in [0.717, 1.165) is 12.8 Å². The van der Waals surface area contributed by atoms with E-state index < -0.39 is 5.60 Å². The molecule has 0 amide bonds. The molecule has 0 saturated carbocycles. The molecule has 3 heterocycles. The van der Waals surface area contributed by atoms with Gasteiger partial charge in [0.2, 0.25) is 5.88 Å². The van der Waals surface area contributed by atoms with Crippen LogP contribution >= 0.6 is 0 Å². The van der Waals surface area contributed by atoms with Gasteiger partial charge >= 0.3 is 0 Å². The lowest BCUT2D eigenvalue weighted by Gasteiger charge is -2.41. The maximum absolute atomic E-state index is 10.8. The van der Waals surface area contributed by atoms with Crippen LogP contribution in [-0.2, 0) is 5.60 Å². The molecule has 5 heteroatoms. The molecule has 1 aromatic rings. The monoisotopic (exact) mass is 249 g/mol. The summed E-state index contributed by atoms with van der Waals surface area (Å²) in [7, 11) is 3.72. The summed E-state index contributed by atoms with van der Waals surface area (Å²) in [5.74, 6) is 0.484. The summed E-state index contributed by atoms with van der Waals surface area (Å²) in [5.41, 5.74) is -0.147. The minimum absolute atomic E-state index is 0.470. The minimum atomic E-state index is -0.822. The Labute approximate surface area is 107 Å². The fourth-order valence-corrected chi connectivity index (χ4v) is 3.33. The number of hydrogen-bond acceptors (Lipinski definition) is 5. The summed E-state index contributed by atoms with van der Waals surface area (Å²) >= 11 is 0. The number of fused-ring (bicyclic) bond motifs is 2. The lowest BCUT2D eigenvalue weighted by atomic mass is 9.83. The second-order valence-corrected chi connectivity index (χ2v) is 5.45. The summed E-state index contributed by atoms with van der Waals surface area (Å²) in [6, 6.07) is 4.53. The molecule has 0 aliphatic carbocycles. The molecule has 5 nitrogen and oxygen atoms in total. The highest BCUT2D eigenvalue weighted by Gasteiger charge is 2.47. The molecule has 3 rings (SSSR count). The second-order valence-electron chi connectivity index (χ2n) is 5.45. The maximum atomic E-state index is 10.8. The van der Waals surface area contributed by atoms with Gasteiger partial charge in [-0.1, -0.05) is 0 Å². The van der Waals surface area contributed by atoms with Crippen LogP contribution in [0.5, 0.6) is 5.88 Å². The zero-order valence-electron chi connectivity index (χ0n) is 10.8. The Morgan fingerprint density at radius 2 is 1.94 bits per heavy atom. The van der Waals surface area contributed by atoms with E-state index >= 15 is 0 Å². The number of aromatic nitrogens is 2. The average molecular weight is 249 g/mol. The second kappa shape index (κ2) is 4.17. The van der Waals surface area contributed by atoms with Crippen LogP contribution in [0.15, 0.2) is 12.1 Å². The third-order valence-electron chi connectivity index (χ3n) is 4.46. The van der Waals surface area contributed by atoms with E-state index in [0.29, 0.717) is 23.7 Å². The van der Waals surface area contributed by atoms with E-state index in [4.69, 9.17) is 4.74 Å². The van der Waals surface area contributed by atoms with Crippen LogP contribution in [0.4, 0.5) is 0 Å². The lowest BCUT2D eigenvalue weighted by molar-refractivity contribution is -0.0530. The first-order chi connectivity index (χ1) is 8.62. The van der Waals surface area contributed by atoms with Crippen molar-refractivity contribution < 1.29 is 9.84 Å². The highest BCUT2D eigenvalue weighted by atomic mass is 16.5. The molecule has 2 unspecified atom stereocenters. The van der Waals surface area contributed by atoms with Gasteiger partial charge in [0.1, 0.15) is 5.60 Å². The smallest absolute Gasteiger partial charge is 0.233 e. The molecule has 2 atom stereocenters. The van der Waals surface area contributed by atoms with Crippen molar-refractivity contribution in [1.29, 1.82) is 0 Å². The molecule has 2 saturated heterocycles. The first-order valence-corrected chi connectivity index (χ1v) is 6.45. The van der Waals surface area contributed by atoms with Crippen molar-refractivity contribution in [3.63, 3.8) is 0 Å². The number of methoxy groups -OCH3 is 1. The van der Waals surface area contributed by atoms with E-state index in [1.165, 1.54) is 12.8 Å². The van der Waals surface area contributed by atoms with Gasteiger partial charge in [0, 0.05) is 18.2 Å². The fraction of sp³-hybridized carbons (Fsp3) is 0.692. The third-order valence-corrected chi connectivity index (χ3v) is 4.46. The van der Waals surface area contributed by atoms with Gasteiger partial charge in [0.15, 0.2) is 0 Å². The lowest BCUT2D eigenvalue weighted by Crippen LogP contribution is -2.48. The van der Waals surface area contributed by atoms with Crippen molar-refractivity contribution in [2.24, 2.45) is 0 Å². The zero-order chi connectivity index (χ0) is 12.8. The summed E-state index contributed by atoms with van der Waals surface area (Å²) in [4.78, 5) is 2.39. The Kier molecular flexibility index (Phi) is 2.75. The first-order valence-electron chi connectivity index (χ1n) is 6.45. The summed E-state index contributed by atoms with van der Waals surface area (Å²) in [6.45, 7) is 0. The highest BCUT2D eigenvalue weighted by Crippen LogP contribution is 2.44. The van der Waals surface area contributed by atoms with E-state index in [9.17, 15) is 5.11 Å². The molecule has 0 radical (unpaired) electrons. The van der Waals surface area contributed by atoms with Crippen LogP contribution in [0.3, 0.4) is 0 Å². The Morgan fingerprint density at radius 3 is 2.44 bits per heavy atom. The topological polar surface area (TPSA) is 58.5 Å². The Balaban J connectivity index is 1.86. The molecule has 1 aromatic heterocycles. The summed E-state index contributed by atoms with van der Waals surface area (Å²) in [6.07, 6.45) is 3.85. The van der Waals surface area contributed by atoms with Crippen molar-refractivity contribution in [1.82, 2.24) is 15.1 Å². The minimum Gasteiger partial charge on any atom is -0.480 e. The van der Waals surface area contributed by atoms with Crippen LogP contribution in [0.2, 0.25) is 0 Å². The molecule has 18 heavy (non-hydrogen) atoms. The Bertz CT molecular complexity index is 420. The summed E-state index contributed by atoms with van der Waals surface area (Å²) < 4.78 is 5.00. The van der Waals surface area contributed by atoms with Crippen molar-refractivity contribution in [3.05, 3.63) is 17.8 Å². The molecule has 2 fully saturated rings. The predicted octanol–water partition coefficient (Wildman–Crippen LogP) is 0.929. The van der Waals surface area contributed by atoms with Crippen LogP contribution in [-0.4, -0.2) is 46.4 Å². The van der Waals surface area contributed by atoms with Gasteiger partial charge in [-0.15, -0.1) is 10.2 Å². The molecule has 0 spiro atoms. The number of rotatable bonds is 2. The van der Waals surface area contributed by atoms with Crippen LogP contribution < -0.4 is 4.74 Å². The van der Waals surface area contributed by atoms with Crippen molar-refractivity contribution in [2.75, 3.05) is 14.2 Å². The zero-order valence-corrected chi connectivity index (χ0v) is 10.8. The van der Waals surface area contributed by atoms with Gasteiger partial charge < -0.3 is 14.7 Å². The number of piperidine rings is 1. The van der Waals surface area contributed by atoms with Gasteiger partial charge in [0.25, 0.3) is 0 Å². The largest absolute Gasteiger partial charge is 0.480 e. The van der Waals surface area contributed by atoms with Crippen molar-refractivity contribution in [3.8, 4) is 5.88 Å². The van der Waals surface area contributed by atoms with Crippen LogP contribution in [0.25, 0.3) is 0 Å². The molecule has 1 N–H and O–H groups in total. The molecule has 2 aliphatic rings. The maximum Gasteiger partial charge on any atom is 0.233 e. The molecule has 98 valence electrons. The summed E-state index contributed by atoms with van der Waals surface area (Å²) in [5, 5.41) is 18.9. The first kappa shape index (κ1) is 11.9. The van der Waals surface area contributed by atoms with Crippen molar-refractivity contribution in [2.45, 2.75) is 43.4 Å². The van der Waals surface area contributed by atoms with Gasteiger partial charge in [-0.25, -0.2) is 0 Å². The number of hydrogen-bond donors (Lipinski definition) is 1. The SMILES string of the molecule is COc1ccc(C2(O)CC3CCC(C2)N3C)nn1. The molecule has 0 aromatic carbocycles. The Morgan fingerprint density at radius 1 is 1.28 bits per heavy atom. The van der Waals surface area contributed by atoms with E-state index in [1.807, 2.05) is 6.07 Å². The van der Waals surface area contributed by atoms with Crippen LogP contribution in [0.1, 0.15) is 31.4 Å². The van der Waals surface area contributed by atoms with Gasteiger partial charge in [-0.3, -0.25) is 0 Å². The predicted molar refractivity (Wildman–Crippen MR) is 66.3 cm³/mol. The Hall–Kier alpha value is -1.20. The number of nitrogens with zero attached hydrogens (tertiary/aromatic N) is 3. The van der Waals surface area contributed by atoms with E-state index in [1.54, 1.807) is 13.2 Å². The van der Waals surface area contributed by atoms with Gasteiger partial charge in [0.05, 0.1) is 12.8 Å². The van der Waals surface area contributed by atoms with Crippen molar-refractivity contribution >= 4 is 0 Å². The average Bonchev–Trinajstić information content (AvgIpc) is 2.63.